The predicted molar refractivity (Wildman–Crippen MR) is 74.8 cm³/mol. The number of nitrogens with one attached hydrogen (secondary N) is 2. The highest BCUT2D eigenvalue weighted by molar-refractivity contribution is 7.90. The summed E-state index contributed by atoms with van der Waals surface area (Å²) in [4.78, 5) is 3.77. The summed E-state index contributed by atoms with van der Waals surface area (Å²) in [7, 11) is -3.31. The first-order chi connectivity index (χ1) is 9.81. The van der Waals surface area contributed by atoms with E-state index in [0.717, 1.165) is 6.26 Å². The summed E-state index contributed by atoms with van der Waals surface area (Å²) in [6.07, 6.45) is 1.08. The molecule has 0 saturated heterocycles. The summed E-state index contributed by atoms with van der Waals surface area (Å²) in [5.41, 5.74) is 2.40. The van der Waals surface area contributed by atoms with E-state index in [1.807, 2.05) is 5.43 Å². The largest absolute Gasteiger partial charge is 0.338 e. The molecule has 0 radical (unpaired) electrons. The molecule has 0 unspecified atom stereocenters. The standard InChI is InChI=1S/C12H12F2N4O2S/c1-21(19,20)8-4-2-7(3-5-8)16-11-9(13)6-10(14)12(17-11)18-15/h2-6H,15H2,1H3,(H2,16,17,18). The molecule has 0 aliphatic carbocycles. The molecule has 0 spiro atoms. The highest BCUT2D eigenvalue weighted by atomic mass is 32.2. The normalized spacial score (nSPS) is 11.2. The van der Waals surface area contributed by atoms with Crippen LogP contribution < -0.4 is 16.6 Å². The highest BCUT2D eigenvalue weighted by Crippen LogP contribution is 2.23. The number of hydrogen-bond acceptors (Lipinski definition) is 6. The maximum atomic E-state index is 13.6. The molecule has 9 heteroatoms. The number of nitrogens with two attached hydrogens (primary N) is 1. The van der Waals surface area contributed by atoms with Gasteiger partial charge >= 0.3 is 0 Å². The van der Waals surface area contributed by atoms with Crippen molar-refractivity contribution >= 4 is 27.2 Å². The van der Waals surface area contributed by atoms with Crippen LogP contribution in [0.25, 0.3) is 0 Å². The van der Waals surface area contributed by atoms with Crippen LogP contribution in [-0.4, -0.2) is 19.7 Å². The lowest BCUT2D eigenvalue weighted by molar-refractivity contribution is 0.579. The number of aromatic nitrogens is 1. The predicted octanol–water partition coefficient (Wildman–Crippen LogP) is 1.79. The number of pyridine rings is 1. The Morgan fingerprint density at radius 2 is 1.67 bits per heavy atom. The molecule has 21 heavy (non-hydrogen) atoms. The number of rotatable bonds is 4. The summed E-state index contributed by atoms with van der Waals surface area (Å²) in [5.74, 6) is 2.68. The first-order valence-electron chi connectivity index (χ1n) is 5.71. The minimum absolute atomic E-state index is 0.130. The number of sulfone groups is 1. The Balaban J connectivity index is 2.30. The Bertz CT molecular complexity index is 764. The van der Waals surface area contributed by atoms with Gasteiger partial charge in [-0.1, -0.05) is 0 Å². The Morgan fingerprint density at radius 1 is 1.10 bits per heavy atom. The van der Waals surface area contributed by atoms with E-state index in [-0.39, 0.29) is 16.5 Å². The Morgan fingerprint density at radius 3 is 2.19 bits per heavy atom. The molecule has 0 fully saturated rings. The van der Waals surface area contributed by atoms with E-state index in [1.54, 1.807) is 0 Å². The van der Waals surface area contributed by atoms with Crippen LogP contribution in [0.4, 0.5) is 26.1 Å². The molecule has 0 bridgehead atoms. The van der Waals surface area contributed by atoms with Gasteiger partial charge in [-0.05, 0) is 24.3 Å². The summed E-state index contributed by atoms with van der Waals surface area (Å²) < 4.78 is 49.4. The van der Waals surface area contributed by atoms with Gasteiger partial charge in [-0.2, -0.15) is 0 Å². The summed E-state index contributed by atoms with van der Waals surface area (Å²) in [6.45, 7) is 0. The van der Waals surface area contributed by atoms with E-state index in [9.17, 15) is 17.2 Å². The molecular formula is C12H12F2N4O2S. The van der Waals surface area contributed by atoms with Crippen molar-refractivity contribution in [1.29, 1.82) is 0 Å². The molecule has 6 nitrogen and oxygen atoms in total. The fourth-order valence-corrected chi connectivity index (χ4v) is 2.21. The fourth-order valence-electron chi connectivity index (χ4n) is 1.58. The van der Waals surface area contributed by atoms with Gasteiger partial charge in [-0.15, -0.1) is 0 Å². The van der Waals surface area contributed by atoms with Crippen LogP contribution in [0, 0.1) is 11.6 Å². The van der Waals surface area contributed by atoms with Crippen molar-refractivity contribution in [3.63, 3.8) is 0 Å². The van der Waals surface area contributed by atoms with E-state index >= 15 is 0 Å². The minimum atomic E-state index is -3.31. The van der Waals surface area contributed by atoms with Crippen molar-refractivity contribution in [2.45, 2.75) is 4.90 Å². The zero-order chi connectivity index (χ0) is 15.6. The van der Waals surface area contributed by atoms with E-state index in [4.69, 9.17) is 5.84 Å². The van der Waals surface area contributed by atoms with Crippen LogP contribution >= 0.6 is 0 Å². The Hall–Kier alpha value is -2.26. The van der Waals surface area contributed by atoms with Gasteiger partial charge in [0.05, 0.1) is 4.90 Å². The van der Waals surface area contributed by atoms with Gasteiger partial charge in [0.1, 0.15) is 0 Å². The number of nitrogen functional groups attached to an aromatic ring is 1. The van der Waals surface area contributed by atoms with Gasteiger partial charge in [0.2, 0.25) is 0 Å². The average Bonchev–Trinajstić information content (AvgIpc) is 2.41. The van der Waals surface area contributed by atoms with Crippen LogP contribution in [-0.2, 0) is 9.84 Å². The zero-order valence-electron chi connectivity index (χ0n) is 10.9. The van der Waals surface area contributed by atoms with E-state index in [2.05, 4.69) is 10.3 Å². The smallest absolute Gasteiger partial charge is 0.178 e. The first-order valence-corrected chi connectivity index (χ1v) is 7.60. The van der Waals surface area contributed by atoms with Gasteiger partial charge in [0, 0.05) is 18.0 Å². The topological polar surface area (TPSA) is 97.1 Å². The second-order valence-corrected chi connectivity index (χ2v) is 6.23. The number of hydrazine groups is 1. The van der Waals surface area contributed by atoms with E-state index in [1.165, 1.54) is 24.3 Å². The van der Waals surface area contributed by atoms with Gasteiger partial charge in [0.25, 0.3) is 0 Å². The van der Waals surface area contributed by atoms with Crippen molar-refractivity contribution in [2.24, 2.45) is 5.84 Å². The lowest BCUT2D eigenvalue weighted by atomic mass is 10.3. The molecular weight excluding hydrogens is 302 g/mol. The van der Waals surface area contributed by atoms with Gasteiger partial charge in [-0.25, -0.2) is 28.0 Å². The molecule has 0 saturated carbocycles. The molecule has 2 rings (SSSR count). The number of halogens is 2. The molecule has 1 aromatic heterocycles. The lowest BCUT2D eigenvalue weighted by Crippen LogP contribution is -2.12. The number of anilines is 3. The maximum absolute atomic E-state index is 13.6. The number of hydrogen-bond donors (Lipinski definition) is 3. The van der Waals surface area contributed by atoms with E-state index < -0.39 is 21.5 Å². The first kappa shape index (κ1) is 15.1. The third-order valence-electron chi connectivity index (χ3n) is 2.61. The Labute approximate surface area is 119 Å². The quantitative estimate of drug-likeness (QED) is 0.588. The van der Waals surface area contributed by atoms with Crippen molar-refractivity contribution in [3.8, 4) is 0 Å². The molecule has 0 amide bonds. The monoisotopic (exact) mass is 314 g/mol. The molecule has 0 aliphatic heterocycles. The molecule has 112 valence electrons. The van der Waals surface area contributed by atoms with Crippen LogP contribution in [0.2, 0.25) is 0 Å². The van der Waals surface area contributed by atoms with Crippen molar-refractivity contribution in [1.82, 2.24) is 4.98 Å². The molecule has 0 atom stereocenters. The number of nitrogens with zero attached hydrogens (tertiary/aromatic N) is 1. The average molecular weight is 314 g/mol. The van der Waals surface area contributed by atoms with E-state index in [0.29, 0.717) is 11.8 Å². The fraction of sp³-hybridized carbons (Fsp3) is 0.0833. The lowest BCUT2D eigenvalue weighted by Gasteiger charge is -2.09. The molecule has 0 aliphatic rings. The van der Waals surface area contributed by atoms with Crippen LogP contribution in [0.1, 0.15) is 0 Å². The van der Waals surface area contributed by atoms with Crippen molar-refractivity contribution < 1.29 is 17.2 Å². The minimum Gasteiger partial charge on any atom is -0.338 e. The van der Waals surface area contributed by atoms with Gasteiger partial charge in [0.15, 0.2) is 33.1 Å². The molecule has 1 heterocycles. The number of benzene rings is 1. The molecule has 1 aromatic carbocycles. The Kier molecular flexibility index (Phi) is 4.05. The third kappa shape index (κ3) is 3.44. The summed E-state index contributed by atoms with van der Waals surface area (Å²) in [6, 6.07) is 6.24. The van der Waals surface area contributed by atoms with Crippen molar-refractivity contribution in [3.05, 3.63) is 42.0 Å². The third-order valence-corrected chi connectivity index (χ3v) is 3.74. The SMILES string of the molecule is CS(=O)(=O)c1ccc(Nc2nc(NN)c(F)cc2F)cc1. The molecule has 4 N–H and O–H groups in total. The maximum Gasteiger partial charge on any atom is 0.178 e. The van der Waals surface area contributed by atoms with Crippen LogP contribution in [0.15, 0.2) is 35.2 Å². The van der Waals surface area contributed by atoms with Crippen molar-refractivity contribution in [2.75, 3.05) is 17.0 Å². The zero-order valence-corrected chi connectivity index (χ0v) is 11.7. The summed E-state index contributed by atoms with van der Waals surface area (Å²) >= 11 is 0. The second-order valence-electron chi connectivity index (χ2n) is 4.22. The van der Waals surface area contributed by atoms with Gasteiger partial charge in [-0.3, -0.25) is 0 Å². The van der Waals surface area contributed by atoms with Gasteiger partial charge < -0.3 is 10.7 Å². The van der Waals surface area contributed by atoms with Crippen LogP contribution in [0.3, 0.4) is 0 Å². The summed E-state index contributed by atoms with van der Waals surface area (Å²) in [5, 5.41) is 2.61. The molecule has 2 aromatic rings. The highest BCUT2D eigenvalue weighted by Gasteiger charge is 2.12. The van der Waals surface area contributed by atoms with Crippen LogP contribution in [0.5, 0.6) is 0 Å². The second kappa shape index (κ2) is 5.62.